The maximum atomic E-state index is 11.8. The molecule has 1 atom stereocenters. The molecule has 0 aliphatic rings. The van der Waals surface area contributed by atoms with E-state index in [2.05, 4.69) is 30.7 Å². The van der Waals surface area contributed by atoms with Crippen LogP contribution in [0.5, 0.6) is 0 Å². The molecule has 0 aromatic carbocycles. The summed E-state index contributed by atoms with van der Waals surface area (Å²) in [6.45, 7) is 6.26. The molecule has 0 unspecified atom stereocenters. The molecule has 6 heteroatoms. The summed E-state index contributed by atoms with van der Waals surface area (Å²) >= 11 is 0. The summed E-state index contributed by atoms with van der Waals surface area (Å²) in [7, 11) is 0. The molecule has 0 saturated carbocycles. The molecule has 0 fully saturated rings. The number of nitrogens with zero attached hydrogens (tertiary/aromatic N) is 2. The van der Waals surface area contributed by atoms with Gasteiger partial charge in [0.1, 0.15) is 12.0 Å². The largest absolute Gasteiger partial charge is 0.385 e. The zero-order chi connectivity index (χ0) is 14.7. The number of rotatable bonds is 6. The standard InChI is InChI=1S/C14H22N4O2/c1-4-9(5-2)20-12(6-3)18-8-16-13-10(18)7-11(15)17-14(13)19/h7-9,12H,4-6H2,1-3H3,(H3,15,17,19)/t12-/m1/s1. The minimum atomic E-state index is -0.267. The quantitative estimate of drug-likeness (QED) is 0.849. The molecule has 2 aromatic rings. The van der Waals surface area contributed by atoms with Crippen LogP contribution >= 0.6 is 0 Å². The van der Waals surface area contributed by atoms with Crippen molar-refractivity contribution < 1.29 is 4.74 Å². The van der Waals surface area contributed by atoms with Crippen molar-refractivity contribution in [3.05, 3.63) is 22.7 Å². The number of imidazole rings is 1. The fourth-order valence-electron chi connectivity index (χ4n) is 2.35. The number of ether oxygens (including phenoxy) is 1. The predicted molar refractivity (Wildman–Crippen MR) is 79.5 cm³/mol. The van der Waals surface area contributed by atoms with Crippen molar-refractivity contribution in [1.82, 2.24) is 14.5 Å². The number of nitrogen functional groups attached to an aromatic ring is 1. The second-order valence-electron chi connectivity index (χ2n) is 4.88. The van der Waals surface area contributed by atoms with Crippen LogP contribution in [0.2, 0.25) is 0 Å². The van der Waals surface area contributed by atoms with E-state index in [0.29, 0.717) is 16.9 Å². The number of aromatic amines is 1. The SMILES string of the molecule is CCC(CC)O[C@H](CC)n1cnc2c(=O)[nH]c(N)cc21. The molecule has 6 nitrogen and oxygen atoms in total. The van der Waals surface area contributed by atoms with Crippen LogP contribution in [0.3, 0.4) is 0 Å². The Bertz CT molecular complexity index is 628. The summed E-state index contributed by atoms with van der Waals surface area (Å²) in [5.41, 5.74) is 6.55. The molecular formula is C14H22N4O2. The lowest BCUT2D eigenvalue weighted by Crippen LogP contribution is -2.19. The van der Waals surface area contributed by atoms with Crippen LogP contribution in [0.4, 0.5) is 5.82 Å². The Kier molecular flexibility index (Phi) is 4.44. The number of H-pyrrole nitrogens is 1. The van der Waals surface area contributed by atoms with Gasteiger partial charge in [-0.2, -0.15) is 0 Å². The van der Waals surface area contributed by atoms with E-state index in [9.17, 15) is 4.79 Å². The molecule has 110 valence electrons. The molecule has 0 saturated heterocycles. The lowest BCUT2D eigenvalue weighted by molar-refractivity contribution is -0.0564. The first-order valence-electron chi connectivity index (χ1n) is 7.11. The Morgan fingerprint density at radius 2 is 2.05 bits per heavy atom. The summed E-state index contributed by atoms with van der Waals surface area (Å²) < 4.78 is 7.99. The number of fused-ring (bicyclic) bond motifs is 1. The highest BCUT2D eigenvalue weighted by Crippen LogP contribution is 2.23. The van der Waals surface area contributed by atoms with E-state index in [1.165, 1.54) is 0 Å². The van der Waals surface area contributed by atoms with Crippen molar-refractivity contribution in [3.8, 4) is 0 Å². The number of nitrogens with two attached hydrogens (primary N) is 1. The Balaban J connectivity index is 2.42. The van der Waals surface area contributed by atoms with E-state index in [4.69, 9.17) is 10.5 Å². The van der Waals surface area contributed by atoms with Gasteiger partial charge in [-0.15, -0.1) is 0 Å². The molecular weight excluding hydrogens is 256 g/mol. The van der Waals surface area contributed by atoms with Crippen LogP contribution < -0.4 is 11.3 Å². The first-order chi connectivity index (χ1) is 9.60. The summed E-state index contributed by atoms with van der Waals surface area (Å²) in [6, 6.07) is 1.72. The van der Waals surface area contributed by atoms with Gasteiger partial charge in [-0.05, 0) is 19.3 Å². The molecule has 0 radical (unpaired) electrons. The second kappa shape index (κ2) is 6.09. The Morgan fingerprint density at radius 3 is 2.65 bits per heavy atom. The third kappa shape index (κ3) is 2.70. The zero-order valence-corrected chi connectivity index (χ0v) is 12.2. The van der Waals surface area contributed by atoms with E-state index >= 15 is 0 Å². The Morgan fingerprint density at radius 1 is 1.35 bits per heavy atom. The van der Waals surface area contributed by atoms with E-state index in [1.807, 2.05) is 4.57 Å². The molecule has 0 bridgehead atoms. The smallest absolute Gasteiger partial charge is 0.277 e. The molecule has 0 aliphatic heterocycles. The monoisotopic (exact) mass is 278 g/mol. The second-order valence-corrected chi connectivity index (χ2v) is 4.88. The van der Waals surface area contributed by atoms with Gasteiger partial charge in [-0.25, -0.2) is 4.98 Å². The van der Waals surface area contributed by atoms with Gasteiger partial charge in [0.15, 0.2) is 5.52 Å². The van der Waals surface area contributed by atoms with Gasteiger partial charge < -0.3 is 20.0 Å². The molecule has 20 heavy (non-hydrogen) atoms. The molecule has 0 amide bonds. The van der Waals surface area contributed by atoms with E-state index in [-0.39, 0.29) is 17.9 Å². The van der Waals surface area contributed by atoms with Crippen LogP contribution in [0.25, 0.3) is 11.0 Å². The number of nitrogens with one attached hydrogen (secondary N) is 1. The van der Waals surface area contributed by atoms with Crippen LogP contribution in [-0.4, -0.2) is 20.6 Å². The minimum absolute atomic E-state index is 0.133. The number of pyridine rings is 1. The lowest BCUT2D eigenvalue weighted by Gasteiger charge is -2.24. The Hall–Kier alpha value is -1.82. The van der Waals surface area contributed by atoms with Crippen LogP contribution in [0.1, 0.15) is 46.3 Å². The van der Waals surface area contributed by atoms with Gasteiger partial charge >= 0.3 is 0 Å². The van der Waals surface area contributed by atoms with Crippen molar-refractivity contribution in [2.45, 2.75) is 52.4 Å². The molecule has 2 heterocycles. The van der Waals surface area contributed by atoms with Gasteiger partial charge in [0, 0.05) is 6.07 Å². The average Bonchev–Trinajstić information content (AvgIpc) is 2.84. The number of hydrogen-bond acceptors (Lipinski definition) is 4. The third-order valence-corrected chi connectivity index (χ3v) is 3.52. The average molecular weight is 278 g/mol. The lowest BCUT2D eigenvalue weighted by atomic mass is 10.2. The van der Waals surface area contributed by atoms with Crippen molar-refractivity contribution >= 4 is 16.9 Å². The highest BCUT2D eigenvalue weighted by molar-refractivity contribution is 5.76. The van der Waals surface area contributed by atoms with E-state index in [0.717, 1.165) is 19.3 Å². The van der Waals surface area contributed by atoms with Crippen LogP contribution in [-0.2, 0) is 4.74 Å². The summed E-state index contributed by atoms with van der Waals surface area (Å²) in [4.78, 5) is 18.5. The van der Waals surface area contributed by atoms with Gasteiger partial charge in [-0.1, -0.05) is 20.8 Å². The van der Waals surface area contributed by atoms with E-state index < -0.39 is 0 Å². The minimum Gasteiger partial charge on any atom is -0.385 e. The third-order valence-electron chi connectivity index (χ3n) is 3.52. The summed E-state index contributed by atoms with van der Waals surface area (Å²) in [5.74, 6) is 0.335. The maximum Gasteiger partial charge on any atom is 0.277 e. The zero-order valence-electron chi connectivity index (χ0n) is 12.2. The van der Waals surface area contributed by atoms with Crippen LogP contribution in [0.15, 0.2) is 17.2 Å². The summed E-state index contributed by atoms with van der Waals surface area (Å²) in [5, 5.41) is 0. The number of hydrogen-bond donors (Lipinski definition) is 2. The highest BCUT2D eigenvalue weighted by Gasteiger charge is 2.18. The maximum absolute atomic E-state index is 11.8. The topological polar surface area (TPSA) is 85.9 Å². The Labute approximate surface area is 118 Å². The summed E-state index contributed by atoms with van der Waals surface area (Å²) in [6.07, 6.45) is 4.44. The van der Waals surface area contributed by atoms with E-state index in [1.54, 1.807) is 12.4 Å². The number of anilines is 1. The van der Waals surface area contributed by atoms with Gasteiger partial charge in [0.05, 0.1) is 17.9 Å². The first-order valence-corrected chi connectivity index (χ1v) is 7.11. The molecule has 0 aliphatic carbocycles. The molecule has 2 aromatic heterocycles. The van der Waals surface area contributed by atoms with Crippen molar-refractivity contribution in [2.24, 2.45) is 0 Å². The molecule has 3 N–H and O–H groups in total. The van der Waals surface area contributed by atoms with Gasteiger partial charge in [0.25, 0.3) is 5.56 Å². The first kappa shape index (κ1) is 14.6. The van der Waals surface area contributed by atoms with Crippen molar-refractivity contribution in [3.63, 3.8) is 0 Å². The predicted octanol–water partition coefficient (Wildman–Crippen LogP) is 2.42. The highest BCUT2D eigenvalue weighted by atomic mass is 16.5. The molecule has 0 spiro atoms. The fourth-order valence-corrected chi connectivity index (χ4v) is 2.35. The van der Waals surface area contributed by atoms with Crippen LogP contribution in [0, 0.1) is 0 Å². The molecule has 2 rings (SSSR count). The normalized spacial score (nSPS) is 13.2. The van der Waals surface area contributed by atoms with Gasteiger partial charge in [0.2, 0.25) is 0 Å². The number of aromatic nitrogens is 3. The van der Waals surface area contributed by atoms with Crippen molar-refractivity contribution in [2.75, 3.05) is 5.73 Å². The fraction of sp³-hybridized carbons (Fsp3) is 0.571. The van der Waals surface area contributed by atoms with Crippen molar-refractivity contribution in [1.29, 1.82) is 0 Å². The van der Waals surface area contributed by atoms with Gasteiger partial charge in [-0.3, -0.25) is 4.79 Å².